The molecule has 2 amide bonds. The van der Waals surface area contributed by atoms with Gasteiger partial charge >= 0.3 is 18.4 Å². The van der Waals surface area contributed by atoms with Gasteiger partial charge in [0.1, 0.15) is 5.82 Å². The number of halogens is 7. The van der Waals surface area contributed by atoms with Crippen LogP contribution in [0.15, 0.2) is 57.7 Å². The Balaban J connectivity index is 1.53. The second kappa shape index (κ2) is 10.6. The van der Waals surface area contributed by atoms with E-state index in [1.54, 1.807) is 4.90 Å². The second-order valence-electron chi connectivity index (χ2n) is 8.25. The Morgan fingerprint density at radius 3 is 2.19 bits per heavy atom. The first kappa shape index (κ1) is 26.8. The van der Waals surface area contributed by atoms with Gasteiger partial charge in [0.15, 0.2) is 12.1 Å². The number of alkyl halides is 6. The molecule has 2 aromatic carbocycles. The molecule has 0 aromatic heterocycles. The number of urea groups is 1. The quantitative estimate of drug-likeness (QED) is 0.422. The van der Waals surface area contributed by atoms with Crippen LogP contribution in [-0.4, -0.2) is 49.4 Å². The fourth-order valence-corrected chi connectivity index (χ4v) is 3.99. The van der Waals surface area contributed by atoms with E-state index in [4.69, 9.17) is 9.47 Å². The Labute approximate surface area is 205 Å². The van der Waals surface area contributed by atoms with Crippen LogP contribution in [0, 0.1) is 5.82 Å². The van der Waals surface area contributed by atoms with Crippen LogP contribution in [0.3, 0.4) is 0 Å². The van der Waals surface area contributed by atoms with Crippen LogP contribution in [0.1, 0.15) is 28.3 Å². The number of benzene rings is 2. The van der Waals surface area contributed by atoms with Gasteiger partial charge in [-0.3, -0.25) is 4.90 Å². The normalized spacial score (nSPS) is 20.9. The van der Waals surface area contributed by atoms with Crippen molar-refractivity contribution < 1.29 is 45.0 Å². The lowest BCUT2D eigenvalue weighted by Crippen LogP contribution is -2.48. The summed E-state index contributed by atoms with van der Waals surface area (Å²) in [6.45, 7) is 0.298. The third kappa shape index (κ3) is 6.76. The lowest BCUT2D eigenvalue weighted by atomic mass is 10.0. The monoisotopic (exact) mass is 532 g/mol. The maximum atomic E-state index is 13.5. The van der Waals surface area contributed by atoms with E-state index in [0.29, 0.717) is 24.2 Å². The lowest BCUT2D eigenvalue weighted by Gasteiger charge is -2.40. The van der Waals surface area contributed by atoms with Crippen LogP contribution in [0.25, 0.3) is 0 Å². The predicted octanol–water partition coefficient (Wildman–Crippen LogP) is 5.81. The highest BCUT2D eigenvalue weighted by Gasteiger charge is 2.38. The number of hydrogen-bond acceptors (Lipinski definition) is 5. The van der Waals surface area contributed by atoms with Gasteiger partial charge in [0, 0.05) is 6.54 Å². The summed E-state index contributed by atoms with van der Waals surface area (Å²) < 4.78 is 104. The smallest absolute Gasteiger partial charge is 0.350 e. The molecule has 198 valence electrons. The summed E-state index contributed by atoms with van der Waals surface area (Å²) in [4.78, 5) is 16.8. The standard InChI is InChI=1S/C23H19F7N4O3/c24-17-3-1-14(2-4-17)19-20(37-8-6-34(19)12-18-31-21(35)33-32-18)36-7-5-13-9-15(22(25,26)27)11-16(10-13)23(28,29)30/h1-4,9-11,19-20H,5-8,12H2/t19-,20+/m0/s1. The number of azo groups is 1. The largest absolute Gasteiger partial charge is 0.416 e. The van der Waals surface area contributed by atoms with Crippen molar-refractivity contribution in [3.8, 4) is 0 Å². The van der Waals surface area contributed by atoms with Crippen molar-refractivity contribution in [3.05, 3.63) is 70.5 Å². The number of nitrogens with zero attached hydrogens (tertiary/aromatic N) is 4. The van der Waals surface area contributed by atoms with E-state index in [2.05, 4.69) is 15.2 Å². The van der Waals surface area contributed by atoms with Crippen molar-refractivity contribution in [2.45, 2.75) is 31.1 Å². The fraction of sp³-hybridized carbons (Fsp3) is 0.391. The lowest BCUT2D eigenvalue weighted by molar-refractivity contribution is -0.208. The molecule has 1 saturated heterocycles. The Morgan fingerprint density at radius 2 is 1.62 bits per heavy atom. The van der Waals surface area contributed by atoms with Crippen molar-refractivity contribution in [2.24, 2.45) is 15.2 Å². The fourth-order valence-electron chi connectivity index (χ4n) is 3.99. The summed E-state index contributed by atoms with van der Waals surface area (Å²) in [5.41, 5.74) is -2.48. The Morgan fingerprint density at radius 1 is 0.973 bits per heavy atom. The molecule has 2 aliphatic rings. The van der Waals surface area contributed by atoms with Gasteiger partial charge in [0.05, 0.1) is 36.9 Å². The second-order valence-corrected chi connectivity index (χ2v) is 8.25. The van der Waals surface area contributed by atoms with Crippen molar-refractivity contribution in [2.75, 3.05) is 26.3 Å². The topological polar surface area (TPSA) is 75.9 Å². The Hall–Kier alpha value is -3.23. The van der Waals surface area contributed by atoms with Gasteiger partial charge in [0.2, 0.25) is 0 Å². The molecule has 0 radical (unpaired) electrons. The van der Waals surface area contributed by atoms with Crippen LogP contribution in [0.2, 0.25) is 0 Å². The van der Waals surface area contributed by atoms with Crippen molar-refractivity contribution >= 4 is 11.9 Å². The molecule has 0 saturated carbocycles. The molecule has 0 bridgehead atoms. The number of carbonyl (C=O) groups is 1. The minimum Gasteiger partial charge on any atom is -0.350 e. The van der Waals surface area contributed by atoms with Crippen LogP contribution >= 0.6 is 0 Å². The zero-order valence-electron chi connectivity index (χ0n) is 18.9. The van der Waals surface area contributed by atoms with Gasteiger partial charge in [-0.2, -0.15) is 31.3 Å². The molecule has 0 spiro atoms. The van der Waals surface area contributed by atoms with E-state index in [1.807, 2.05) is 0 Å². The van der Waals surface area contributed by atoms with E-state index in [-0.39, 0.29) is 43.6 Å². The SMILES string of the molecule is O=C1N=NC(CN2CCO[C@@H](OCCc3cc(C(F)(F)F)cc(C(F)(F)F)c3)[C@@H]2c2ccc(F)cc2)=N1. The van der Waals surface area contributed by atoms with Crippen LogP contribution in [0.5, 0.6) is 0 Å². The summed E-state index contributed by atoms with van der Waals surface area (Å²) >= 11 is 0. The summed E-state index contributed by atoms with van der Waals surface area (Å²) in [5.74, 6) is -0.351. The summed E-state index contributed by atoms with van der Waals surface area (Å²) in [6.07, 6.45) is -11.2. The van der Waals surface area contributed by atoms with Gasteiger partial charge in [-0.25, -0.2) is 9.18 Å². The van der Waals surface area contributed by atoms with E-state index in [9.17, 15) is 35.5 Å². The Kier molecular flexibility index (Phi) is 7.71. The minimum absolute atomic E-state index is 0.0604. The van der Waals surface area contributed by atoms with Gasteiger partial charge in [-0.15, -0.1) is 5.11 Å². The van der Waals surface area contributed by atoms with Gasteiger partial charge in [-0.1, -0.05) is 17.2 Å². The number of aliphatic imine (C=N–C) groups is 1. The molecule has 2 aromatic rings. The first-order valence-electron chi connectivity index (χ1n) is 10.9. The first-order chi connectivity index (χ1) is 17.4. The number of amides is 2. The average Bonchev–Trinajstić information content (AvgIpc) is 3.23. The third-order valence-electron chi connectivity index (χ3n) is 5.66. The molecule has 1 fully saturated rings. The average molecular weight is 532 g/mol. The highest BCUT2D eigenvalue weighted by molar-refractivity contribution is 5.99. The molecule has 0 aliphatic carbocycles. The molecule has 7 nitrogen and oxygen atoms in total. The molecule has 2 heterocycles. The molecule has 14 heteroatoms. The molecule has 0 unspecified atom stereocenters. The Bertz CT molecular complexity index is 1160. The molecule has 4 rings (SSSR count). The molecule has 2 aliphatic heterocycles. The van der Waals surface area contributed by atoms with Gasteiger partial charge in [-0.05, 0) is 47.9 Å². The zero-order valence-corrected chi connectivity index (χ0v) is 18.9. The molecule has 2 atom stereocenters. The highest BCUT2D eigenvalue weighted by Crippen LogP contribution is 2.37. The van der Waals surface area contributed by atoms with Crippen molar-refractivity contribution in [3.63, 3.8) is 0 Å². The van der Waals surface area contributed by atoms with E-state index in [1.165, 1.54) is 24.3 Å². The number of amidine groups is 1. The maximum absolute atomic E-state index is 13.5. The van der Waals surface area contributed by atoms with Gasteiger partial charge in [0.25, 0.3) is 0 Å². The van der Waals surface area contributed by atoms with Crippen LogP contribution < -0.4 is 0 Å². The molecule has 37 heavy (non-hydrogen) atoms. The summed E-state index contributed by atoms with van der Waals surface area (Å²) in [6, 6.07) is 5.34. The highest BCUT2D eigenvalue weighted by atomic mass is 19.4. The number of hydrogen-bond donors (Lipinski definition) is 0. The summed E-state index contributed by atoms with van der Waals surface area (Å²) in [7, 11) is 0. The number of carbonyl (C=O) groups excluding carboxylic acids is 1. The summed E-state index contributed by atoms with van der Waals surface area (Å²) in [5, 5.41) is 7.02. The van der Waals surface area contributed by atoms with Crippen molar-refractivity contribution in [1.29, 1.82) is 0 Å². The molecular formula is C23H19F7N4O3. The van der Waals surface area contributed by atoms with Crippen LogP contribution in [0.4, 0.5) is 35.5 Å². The predicted molar refractivity (Wildman–Crippen MR) is 114 cm³/mol. The molecule has 0 N–H and O–H groups in total. The zero-order chi connectivity index (χ0) is 26.8. The van der Waals surface area contributed by atoms with Gasteiger partial charge < -0.3 is 9.47 Å². The van der Waals surface area contributed by atoms with Crippen molar-refractivity contribution in [1.82, 2.24) is 4.90 Å². The number of morpholine rings is 1. The van der Waals surface area contributed by atoms with E-state index < -0.39 is 47.7 Å². The maximum Gasteiger partial charge on any atom is 0.416 e. The van der Waals surface area contributed by atoms with Crippen LogP contribution in [-0.2, 0) is 28.2 Å². The first-order valence-corrected chi connectivity index (χ1v) is 10.9. The minimum atomic E-state index is -4.96. The number of ether oxygens (including phenoxy) is 2. The van der Waals surface area contributed by atoms with E-state index in [0.717, 1.165) is 0 Å². The number of rotatable bonds is 7. The third-order valence-corrected chi connectivity index (χ3v) is 5.66. The van der Waals surface area contributed by atoms with E-state index >= 15 is 0 Å². The molecular weight excluding hydrogens is 513 g/mol.